The first kappa shape index (κ1) is 14.0. The van der Waals surface area contributed by atoms with Crippen LogP contribution in [0, 0.1) is 0 Å². The molecule has 1 rings (SSSR count). The lowest BCUT2D eigenvalue weighted by molar-refractivity contribution is 0.458. The van der Waals surface area contributed by atoms with Gasteiger partial charge in [0.25, 0.3) is 0 Å². The summed E-state index contributed by atoms with van der Waals surface area (Å²) in [6.45, 7) is 10.0. The first-order valence-corrected chi connectivity index (χ1v) is 6.60. The topological polar surface area (TPSA) is 39.0 Å². The largest absolute Gasteiger partial charge is 0.328 e. The van der Waals surface area contributed by atoms with Gasteiger partial charge in [-0.15, -0.1) is 0 Å². The Kier molecular flexibility index (Phi) is 5.48. The second-order valence-corrected chi connectivity index (χ2v) is 4.74. The maximum atomic E-state index is 11.9. The Morgan fingerprint density at radius 1 is 1.24 bits per heavy atom. The Morgan fingerprint density at radius 3 is 2.35 bits per heavy atom. The van der Waals surface area contributed by atoms with E-state index >= 15 is 0 Å². The third-order valence-electron chi connectivity index (χ3n) is 3.20. The number of hydrogen-bond donors (Lipinski definition) is 1. The molecule has 1 aromatic rings. The molecule has 0 spiro atoms. The molecular weight excluding hydrogens is 214 g/mol. The summed E-state index contributed by atoms with van der Waals surface area (Å²) < 4.78 is 3.53. The van der Waals surface area contributed by atoms with Crippen LogP contribution < -0.4 is 11.0 Å². The van der Waals surface area contributed by atoms with Gasteiger partial charge >= 0.3 is 5.69 Å². The Bertz CT molecular complexity index is 374. The van der Waals surface area contributed by atoms with Crippen molar-refractivity contribution < 1.29 is 0 Å². The van der Waals surface area contributed by atoms with E-state index < -0.39 is 0 Å². The molecule has 1 heterocycles. The van der Waals surface area contributed by atoms with E-state index in [0.29, 0.717) is 6.04 Å². The molecule has 0 aliphatic heterocycles. The minimum Gasteiger partial charge on any atom is -0.312 e. The first-order valence-electron chi connectivity index (χ1n) is 6.60. The van der Waals surface area contributed by atoms with E-state index in [-0.39, 0.29) is 11.7 Å². The Morgan fingerprint density at radius 2 is 1.88 bits per heavy atom. The molecule has 0 bridgehead atoms. The van der Waals surface area contributed by atoms with Gasteiger partial charge in [0.2, 0.25) is 0 Å². The second-order valence-electron chi connectivity index (χ2n) is 4.74. The van der Waals surface area contributed by atoms with Crippen LogP contribution in [0.2, 0.25) is 0 Å². The van der Waals surface area contributed by atoms with Gasteiger partial charge in [-0.2, -0.15) is 0 Å². The zero-order valence-corrected chi connectivity index (χ0v) is 11.4. The van der Waals surface area contributed by atoms with Crippen LogP contribution in [0.3, 0.4) is 0 Å². The van der Waals surface area contributed by atoms with Crippen molar-refractivity contribution in [3.05, 3.63) is 22.9 Å². The highest BCUT2D eigenvalue weighted by Gasteiger charge is 2.06. The summed E-state index contributed by atoms with van der Waals surface area (Å²) in [5.41, 5.74) is 0.0892. The normalized spacial score (nSPS) is 11.6. The number of hydrogen-bond acceptors (Lipinski definition) is 2. The van der Waals surface area contributed by atoms with Crippen LogP contribution in [-0.2, 0) is 6.54 Å². The van der Waals surface area contributed by atoms with Gasteiger partial charge < -0.3 is 5.32 Å². The number of nitrogens with zero attached hydrogens (tertiary/aromatic N) is 2. The van der Waals surface area contributed by atoms with E-state index in [1.54, 1.807) is 9.13 Å². The van der Waals surface area contributed by atoms with Crippen LogP contribution in [0.5, 0.6) is 0 Å². The average molecular weight is 239 g/mol. The standard InChI is InChI=1S/C13H25N3O/c1-5-12(6-2)14-7-8-15-9-10-16(11(3)4)13(15)17/h9-12,14H,5-8H2,1-4H3. The molecule has 0 atom stereocenters. The molecule has 0 unspecified atom stereocenters. The summed E-state index contributed by atoms with van der Waals surface area (Å²) in [6.07, 6.45) is 6.01. The molecule has 1 aromatic heterocycles. The number of imidazole rings is 1. The van der Waals surface area contributed by atoms with Gasteiger partial charge in [0.15, 0.2) is 0 Å². The highest BCUT2D eigenvalue weighted by molar-refractivity contribution is 4.84. The minimum atomic E-state index is 0.0892. The minimum absolute atomic E-state index is 0.0892. The molecule has 0 fully saturated rings. The highest BCUT2D eigenvalue weighted by atomic mass is 16.1. The van der Waals surface area contributed by atoms with Crippen molar-refractivity contribution in [1.29, 1.82) is 0 Å². The third kappa shape index (κ3) is 3.73. The predicted octanol–water partition coefficient (Wildman–Crippen LogP) is 2.01. The SMILES string of the molecule is CCC(CC)NCCn1ccn(C(C)C)c1=O. The molecule has 4 nitrogen and oxygen atoms in total. The summed E-state index contributed by atoms with van der Waals surface area (Å²) in [7, 11) is 0. The lowest BCUT2D eigenvalue weighted by Crippen LogP contribution is -2.33. The van der Waals surface area contributed by atoms with E-state index in [1.165, 1.54) is 0 Å². The maximum Gasteiger partial charge on any atom is 0.328 e. The van der Waals surface area contributed by atoms with E-state index in [1.807, 2.05) is 26.2 Å². The molecule has 0 aliphatic carbocycles. The predicted molar refractivity (Wildman–Crippen MR) is 71.4 cm³/mol. The summed E-state index contributed by atoms with van der Waals surface area (Å²) >= 11 is 0. The lowest BCUT2D eigenvalue weighted by Gasteiger charge is -2.14. The van der Waals surface area contributed by atoms with Gasteiger partial charge in [-0.1, -0.05) is 13.8 Å². The Hall–Kier alpha value is -1.03. The molecule has 1 N–H and O–H groups in total. The van der Waals surface area contributed by atoms with Crippen molar-refractivity contribution in [2.45, 2.75) is 59.2 Å². The molecule has 98 valence electrons. The molecule has 0 radical (unpaired) electrons. The fourth-order valence-electron chi connectivity index (χ4n) is 1.96. The van der Waals surface area contributed by atoms with Crippen molar-refractivity contribution in [1.82, 2.24) is 14.5 Å². The second kappa shape index (κ2) is 6.64. The van der Waals surface area contributed by atoms with E-state index in [2.05, 4.69) is 19.2 Å². The summed E-state index contributed by atoms with van der Waals surface area (Å²) in [5, 5.41) is 3.46. The Balaban J connectivity index is 2.50. The molecule has 4 heteroatoms. The van der Waals surface area contributed by atoms with Crippen LogP contribution >= 0.6 is 0 Å². The quantitative estimate of drug-likeness (QED) is 0.790. The van der Waals surface area contributed by atoms with Gasteiger partial charge in [0.05, 0.1) is 0 Å². The molecule has 0 aliphatic rings. The summed E-state index contributed by atoms with van der Waals surface area (Å²) in [4.78, 5) is 11.9. The van der Waals surface area contributed by atoms with Crippen LogP contribution in [0.25, 0.3) is 0 Å². The number of nitrogens with one attached hydrogen (secondary N) is 1. The molecule has 0 aromatic carbocycles. The van der Waals surface area contributed by atoms with Crippen molar-refractivity contribution in [3.63, 3.8) is 0 Å². The Labute approximate surface area is 104 Å². The van der Waals surface area contributed by atoms with E-state index in [0.717, 1.165) is 25.9 Å². The van der Waals surface area contributed by atoms with E-state index in [9.17, 15) is 4.79 Å². The van der Waals surface area contributed by atoms with Gasteiger partial charge in [-0.05, 0) is 26.7 Å². The summed E-state index contributed by atoms with van der Waals surface area (Å²) in [5.74, 6) is 0. The molecular formula is C13H25N3O. The van der Waals surface area contributed by atoms with Crippen molar-refractivity contribution in [3.8, 4) is 0 Å². The molecule has 0 saturated heterocycles. The maximum absolute atomic E-state index is 11.9. The van der Waals surface area contributed by atoms with Crippen LogP contribution in [-0.4, -0.2) is 21.7 Å². The lowest BCUT2D eigenvalue weighted by atomic mass is 10.2. The fourth-order valence-corrected chi connectivity index (χ4v) is 1.96. The van der Waals surface area contributed by atoms with Gasteiger partial charge in [-0.3, -0.25) is 9.13 Å². The monoisotopic (exact) mass is 239 g/mol. The van der Waals surface area contributed by atoms with Crippen molar-refractivity contribution in [2.24, 2.45) is 0 Å². The average Bonchev–Trinajstić information content (AvgIpc) is 2.66. The highest BCUT2D eigenvalue weighted by Crippen LogP contribution is 1.99. The van der Waals surface area contributed by atoms with Crippen LogP contribution in [0.4, 0.5) is 0 Å². The fraction of sp³-hybridized carbons (Fsp3) is 0.769. The van der Waals surface area contributed by atoms with Crippen LogP contribution in [0.15, 0.2) is 17.2 Å². The third-order valence-corrected chi connectivity index (χ3v) is 3.20. The van der Waals surface area contributed by atoms with Gasteiger partial charge in [0, 0.05) is 37.6 Å². The zero-order chi connectivity index (χ0) is 12.8. The molecule has 17 heavy (non-hydrogen) atoms. The molecule has 0 saturated carbocycles. The summed E-state index contributed by atoms with van der Waals surface area (Å²) in [6, 6.07) is 0.800. The smallest absolute Gasteiger partial charge is 0.312 e. The zero-order valence-electron chi connectivity index (χ0n) is 11.4. The number of aromatic nitrogens is 2. The molecule has 0 amide bonds. The van der Waals surface area contributed by atoms with Crippen molar-refractivity contribution in [2.75, 3.05) is 6.54 Å². The van der Waals surface area contributed by atoms with Crippen LogP contribution in [0.1, 0.15) is 46.6 Å². The first-order chi connectivity index (χ1) is 8.10. The van der Waals surface area contributed by atoms with Gasteiger partial charge in [-0.25, -0.2) is 4.79 Å². The van der Waals surface area contributed by atoms with E-state index in [4.69, 9.17) is 0 Å². The van der Waals surface area contributed by atoms with Crippen molar-refractivity contribution >= 4 is 0 Å². The number of rotatable bonds is 7. The van der Waals surface area contributed by atoms with Gasteiger partial charge in [0.1, 0.15) is 0 Å².